The van der Waals surface area contributed by atoms with Crippen LogP contribution >= 0.6 is 0 Å². The minimum Gasteiger partial charge on any atom is -0.494 e. The normalized spacial score (nSPS) is 12.1. The van der Waals surface area contributed by atoms with Crippen LogP contribution in [0.25, 0.3) is 0 Å². The van der Waals surface area contributed by atoms with Crippen LogP contribution in [0.4, 0.5) is 4.39 Å². The first kappa shape index (κ1) is 15.5. The molecule has 0 spiro atoms. The molecule has 1 unspecified atom stereocenters. The molecule has 0 saturated carbocycles. The molecule has 3 heteroatoms. The highest BCUT2D eigenvalue weighted by Gasteiger charge is 2.10. The summed E-state index contributed by atoms with van der Waals surface area (Å²) in [7, 11) is 0. The molecule has 0 heterocycles. The van der Waals surface area contributed by atoms with Crippen LogP contribution < -0.4 is 10.1 Å². The second kappa shape index (κ2) is 7.79. The van der Waals surface area contributed by atoms with Gasteiger partial charge in [0.15, 0.2) is 0 Å². The lowest BCUT2D eigenvalue weighted by Gasteiger charge is -2.18. The third-order valence-corrected chi connectivity index (χ3v) is 3.44. The lowest BCUT2D eigenvalue weighted by atomic mass is 10.1. The van der Waals surface area contributed by atoms with E-state index in [2.05, 4.69) is 18.3 Å². The molecule has 0 aliphatic carbocycles. The van der Waals surface area contributed by atoms with Gasteiger partial charge < -0.3 is 10.1 Å². The fourth-order valence-corrected chi connectivity index (χ4v) is 2.36. The van der Waals surface area contributed by atoms with Gasteiger partial charge in [0.1, 0.15) is 11.6 Å². The summed E-state index contributed by atoms with van der Waals surface area (Å²) in [5, 5.41) is 3.46. The zero-order valence-electron chi connectivity index (χ0n) is 12.6. The molecule has 0 bridgehead atoms. The van der Waals surface area contributed by atoms with Gasteiger partial charge in [0.25, 0.3) is 0 Å². The molecule has 0 saturated heterocycles. The summed E-state index contributed by atoms with van der Waals surface area (Å²) in [6.07, 6.45) is 0.804. The highest BCUT2D eigenvalue weighted by molar-refractivity contribution is 5.35. The zero-order valence-corrected chi connectivity index (χ0v) is 12.6. The maximum Gasteiger partial charge on any atom is 0.124 e. The van der Waals surface area contributed by atoms with E-state index in [0.717, 1.165) is 29.8 Å². The van der Waals surface area contributed by atoms with Crippen LogP contribution in [0, 0.1) is 5.82 Å². The number of benzene rings is 2. The summed E-state index contributed by atoms with van der Waals surface area (Å²) in [6.45, 7) is 5.56. The van der Waals surface area contributed by atoms with Crippen molar-refractivity contribution in [1.82, 2.24) is 5.32 Å². The van der Waals surface area contributed by atoms with Crippen LogP contribution in [0.1, 0.15) is 31.0 Å². The van der Waals surface area contributed by atoms with Crippen molar-refractivity contribution in [1.29, 1.82) is 0 Å². The van der Waals surface area contributed by atoms with Crippen molar-refractivity contribution in [2.45, 2.75) is 26.3 Å². The lowest BCUT2D eigenvalue weighted by molar-refractivity contribution is 0.332. The van der Waals surface area contributed by atoms with Crippen LogP contribution in [0.2, 0.25) is 0 Å². The number of hydrogen-bond acceptors (Lipinski definition) is 2. The molecular weight excluding hydrogens is 265 g/mol. The van der Waals surface area contributed by atoms with Crippen molar-refractivity contribution in [3.05, 3.63) is 65.5 Å². The van der Waals surface area contributed by atoms with E-state index in [1.807, 2.05) is 31.2 Å². The molecule has 1 N–H and O–H groups in total. The summed E-state index contributed by atoms with van der Waals surface area (Å²) in [5.41, 5.74) is 2.16. The lowest BCUT2D eigenvalue weighted by Crippen LogP contribution is -2.22. The molecule has 2 aromatic rings. The predicted octanol–water partition coefficient (Wildman–Crippen LogP) is 4.12. The third kappa shape index (κ3) is 4.57. The van der Waals surface area contributed by atoms with E-state index in [0.29, 0.717) is 6.61 Å². The number of halogens is 1. The maximum atomic E-state index is 13.1. The van der Waals surface area contributed by atoms with Crippen molar-refractivity contribution in [2.75, 3.05) is 13.2 Å². The van der Waals surface area contributed by atoms with Gasteiger partial charge >= 0.3 is 0 Å². The van der Waals surface area contributed by atoms with E-state index >= 15 is 0 Å². The standard InChI is InChI=1S/C18H22FNO/c1-3-21-18-10-5-4-9-17(18)14(2)20-12-11-15-7-6-8-16(19)13-15/h4-10,13-14,20H,3,11-12H2,1-2H3. The number of hydrogen-bond donors (Lipinski definition) is 1. The highest BCUT2D eigenvalue weighted by atomic mass is 19.1. The Bertz CT molecular complexity index is 571. The van der Waals surface area contributed by atoms with Crippen molar-refractivity contribution in [3.8, 4) is 5.75 Å². The Morgan fingerprint density at radius 3 is 2.71 bits per heavy atom. The Hall–Kier alpha value is -1.87. The second-order valence-electron chi connectivity index (χ2n) is 5.03. The SMILES string of the molecule is CCOc1ccccc1C(C)NCCc1cccc(F)c1. The molecule has 0 amide bonds. The third-order valence-electron chi connectivity index (χ3n) is 3.44. The van der Waals surface area contributed by atoms with E-state index in [-0.39, 0.29) is 11.9 Å². The first-order valence-corrected chi connectivity index (χ1v) is 7.40. The van der Waals surface area contributed by atoms with Crippen LogP contribution in [-0.2, 0) is 6.42 Å². The fourth-order valence-electron chi connectivity index (χ4n) is 2.36. The summed E-state index contributed by atoms with van der Waals surface area (Å²) < 4.78 is 18.8. The molecule has 0 fully saturated rings. The second-order valence-corrected chi connectivity index (χ2v) is 5.03. The van der Waals surface area contributed by atoms with Crippen LogP contribution in [0.5, 0.6) is 5.75 Å². The summed E-state index contributed by atoms with van der Waals surface area (Å²) in [5.74, 6) is 0.744. The number of nitrogens with one attached hydrogen (secondary N) is 1. The predicted molar refractivity (Wildman–Crippen MR) is 84.1 cm³/mol. The van der Waals surface area contributed by atoms with Gasteiger partial charge in [0.05, 0.1) is 6.61 Å². The average Bonchev–Trinajstić information content (AvgIpc) is 2.48. The van der Waals surface area contributed by atoms with E-state index in [9.17, 15) is 4.39 Å². The molecule has 0 radical (unpaired) electrons. The Labute approximate surface area is 126 Å². The van der Waals surface area contributed by atoms with Crippen molar-refractivity contribution >= 4 is 0 Å². The van der Waals surface area contributed by atoms with Gasteiger partial charge in [-0.3, -0.25) is 0 Å². The molecule has 0 aliphatic heterocycles. The molecule has 1 atom stereocenters. The fraction of sp³-hybridized carbons (Fsp3) is 0.333. The quantitative estimate of drug-likeness (QED) is 0.827. The van der Waals surface area contributed by atoms with Gasteiger partial charge in [-0.2, -0.15) is 0 Å². The minimum absolute atomic E-state index is 0.178. The zero-order chi connectivity index (χ0) is 15.1. The molecule has 2 nitrogen and oxygen atoms in total. The van der Waals surface area contributed by atoms with Gasteiger partial charge in [-0.05, 0) is 50.6 Å². The smallest absolute Gasteiger partial charge is 0.124 e. The maximum absolute atomic E-state index is 13.1. The summed E-state index contributed by atoms with van der Waals surface area (Å²) >= 11 is 0. The van der Waals surface area contributed by atoms with E-state index in [4.69, 9.17) is 4.74 Å². The van der Waals surface area contributed by atoms with Gasteiger partial charge in [0, 0.05) is 11.6 Å². The van der Waals surface area contributed by atoms with Crippen LogP contribution in [0.15, 0.2) is 48.5 Å². The molecular formula is C18H22FNO. The first-order valence-electron chi connectivity index (χ1n) is 7.40. The Morgan fingerprint density at radius 1 is 1.14 bits per heavy atom. The van der Waals surface area contributed by atoms with Crippen LogP contribution in [0.3, 0.4) is 0 Å². The van der Waals surface area contributed by atoms with Gasteiger partial charge in [0.2, 0.25) is 0 Å². The molecule has 0 aliphatic rings. The number of para-hydroxylation sites is 1. The van der Waals surface area contributed by atoms with Crippen LogP contribution in [-0.4, -0.2) is 13.2 Å². The summed E-state index contributed by atoms with van der Waals surface area (Å²) in [4.78, 5) is 0. The molecule has 2 aromatic carbocycles. The Morgan fingerprint density at radius 2 is 1.95 bits per heavy atom. The van der Waals surface area contributed by atoms with E-state index < -0.39 is 0 Å². The van der Waals surface area contributed by atoms with Gasteiger partial charge in [-0.1, -0.05) is 30.3 Å². The minimum atomic E-state index is -0.178. The van der Waals surface area contributed by atoms with E-state index in [1.165, 1.54) is 6.07 Å². The van der Waals surface area contributed by atoms with E-state index in [1.54, 1.807) is 12.1 Å². The molecule has 21 heavy (non-hydrogen) atoms. The number of ether oxygens (including phenoxy) is 1. The Kier molecular flexibility index (Phi) is 5.76. The van der Waals surface area contributed by atoms with Crippen molar-refractivity contribution in [3.63, 3.8) is 0 Å². The average molecular weight is 287 g/mol. The van der Waals surface area contributed by atoms with Crippen molar-refractivity contribution in [2.24, 2.45) is 0 Å². The monoisotopic (exact) mass is 287 g/mol. The summed E-state index contributed by atoms with van der Waals surface area (Å²) in [6, 6.07) is 15.0. The topological polar surface area (TPSA) is 21.3 Å². The van der Waals surface area contributed by atoms with Gasteiger partial charge in [-0.25, -0.2) is 4.39 Å². The molecule has 112 valence electrons. The molecule has 0 aromatic heterocycles. The van der Waals surface area contributed by atoms with Gasteiger partial charge in [-0.15, -0.1) is 0 Å². The molecule has 2 rings (SSSR count). The highest BCUT2D eigenvalue weighted by Crippen LogP contribution is 2.24. The first-order chi connectivity index (χ1) is 10.2. The largest absolute Gasteiger partial charge is 0.494 e. The Balaban J connectivity index is 1.91. The van der Waals surface area contributed by atoms with Crippen molar-refractivity contribution < 1.29 is 9.13 Å². The number of rotatable bonds is 7.